The molecule has 1 nitrogen and oxygen atoms in total. The monoisotopic (exact) mass is 211 g/mol. The van der Waals surface area contributed by atoms with E-state index in [1.54, 1.807) is 0 Å². The molecular formula is C12H16ClO. The van der Waals surface area contributed by atoms with Crippen LogP contribution in [-0.2, 0) is 0 Å². The molecule has 0 fully saturated rings. The van der Waals surface area contributed by atoms with Crippen LogP contribution in [0.25, 0.3) is 0 Å². The molecule has 1 aromatic rings. The van der Waals surface area contributed by atoms with E-state index in [-0.39, 0.29) is 6.10 Å². The number of hydrogen-bond donors (Lipinski definition) is 0. The molecule has 1 radical (unpaired) electrons. The Hall–Kier alpha value is -0.690. The second-order valence-electron chi connectivity index (χ2n) is 3.81. The Bertz CT molecular complexity index is 305. The van der Waals surface area contributed by atoms with Crippen LogP contribution in [-0.4, -0.2) is 6.10 Å². The minimum Gasteiger partial charge on any atom is -0.489 e. The Balaban J connectivity index is 2.90. The Morgan fingerprint density at radius 1 is 1.29 bits per heavy atom. The fourth-order valence-electron chi connectivity index (χ4n) is 1.16. The first kappa shape index (κ1) is 11.4. The van der Waals surface area contributed by atoms with E-state index in [0.29, 0.717) is 5.02 Å². The zero-order valence-corrected chi connectivity index (χ0v) is 9.85. The summed E-state index contributed by atoms with van der Waals surface area (Å²) in [7, 11) is 0. The molecule has 0 bridgehead atoms. The second kappa shape index (κ2) is 4.70. The zero-order chi connectivity index (χ0) is 10.7. The highest BCUT2D eigenvalue weighted by Crippen LogP contribution is 2.28. The molecule has 0 aliphatic heterocycles. The van der Waals surface area contributed by atoms with Gasteiger partial charge in [0.05, 0.1) is 11.1 Å². The van der Waals surface area contributed by atoms with E-state index in [2.05, 4.69) is 13.8 Å². The fraction of sp³-hybridized carbons (Fsp3) is 0.417. The Kier molecular flexibility index (Phi) is 3.82. The Morgan fingerprint density at radius 3 is 2.36 bits per heavy atom. The van der Waals surface area contributed by atoms with Crippen LogP contribution in [0.4, 0.5) is 0 Å². The lowest BCUT2D eigenvalue weighted by Crippen LogP contribution is -2.06. The van der Waals surface area contributed by atoms with E-state index in [0.717, 1.165) is 11.3 Å². The van der Waals surface area contributed by atoms with Crippen LogP contribution in [0.1, 0.15) is 33.3 Å². The minimum absolute atomic E-state index is 0.157. The SMILES string of the molecule is C[C](C)c1ccc(OC(C)C)c(Cl)c1. The van der Waals surface area contributed by atoms with Crippen LogP contribution in [0.2, 0.25) is 5.02 Å². The Labute approximate surface area is 91.0 Å². The number of hydrogen-bond acceptors (Lipinski definition) is 1. The predicted octanol–water partition coefficient (Wildman–Crippen LogP) is 4.09. The number of benzene rings is 1. The van der Waals surface area contributed by atoms with Gasteiger partial charge in [0.2, 0.25) is 0 Å². The van der Waals surface area contributed by atoms with Crippen LogP contribution in [0.5, 0.6) is 5.75 Å². The summed E-state index contributed by atoms with van der Waals surface area (Å²) in [4.78, 5) is 0. The summed E-state index contributed by atoms with van der Waals surface area (Å²) >= 11 is 6.08. The number of halogens is 1. The quantitative estimate of drug-likeness (QED) is 0.732. The van der Waals surface area contributed by atoms with Gasteiger partial charge in [0, 0.05) is 0 Å². The van der Waals surface area contributed by atoms with Gasteiger partial charge in [-0.25, -0.2) is 0 Å². The van der Waals surface area contributed by atoms with Crippen molar-refractivity contribution in [2.45, 2.75) is 33.8 Å². The maximum atomic E-state index is 6.08. The third kappa shape index (κ3) is 2.91. The first-order valence-electron chi connectivity index (χ1n) is 4.77. The van der Waals surface area contributed by atoms with E-state index < -0.39 is 0 Å². The molecule has 2 heteroatoms. The summed E-state index contributed by atoms with van der Waals surface area (Å²) in [6.07, 6.45) is 0.157. The summed E-state index contributed by atoms with van der Waals surface area (Å²) in [5.41, 5.74) is 1.16. The molecule has 0 heterocycles. The lowest BCUT2D eigenvalue weighted by molar-refractivity contribution is 0.242. The van der Waals surface area contributed by atoms with Crippen molar-refractivity contribution in [2.24, 2.45) is 0 Å². The van der Waals surface area contributed by atoms with Crippen LogP contribution in [0, 0.1) is 5.92 Å². The molecule has 0 atom stereocenters. The molecule has 0 saturated carbocycles. The smallest absolute Gasteiger partial charge is 0.138 e. The lowest BCUT2D eigenvalue weighted by Gasteiger charge is -2.13. The van der Waals surface area contributed by atoms with Crippen molar-refractivity contribution >= 4 is 11.6 Å². The minimum atomic E-state index is 0.157. The fourth-order valence-corrected chi connectivity index (χ4v) is 1.39. The molecule has 1 rings (SSSR count). The van der Waals surface area contributed by atoms with Crippen LogP contribution < -0.4 is 4.74 Å². The van der Waals surface area contributed by atoms with Crippen molar-refractivity contribution in [1.29, 1.82) is 0 Å². The van der Waals surface area contributed by atoms with E-state index in [9.17, 15) is 0 Å². The average Bonchev–Trinajstić information content (AvgIpc) is 2.07. The van der Waals surface area contributed by atoms with Gasteiger partial charge in [-0.3, -0.25) is 0 Å². The van der Waals surface area contributed by atoms with Gasteiger partial charge >= 0.3 is 0 Å². The molecule has 0 saturated heterocycles. The molecule has 0 aromatic heterocycles. The second-order valence-corrected chi connectivity index (χ2v) is 4.22. The number of rotatable bonds is 3. The van der Waals surface area contributed by atoms with Gasteiger partial charge in [0.1, 0.15) is 5.75 Å². The molecule has 1 aromatic carbocycles. The third-order valence-electron chi connectivity index (χ3n) is 1.87. The first-order valence-corrected chi connectivity index (χ1v) is 5.15. The highest BCUT2D eigenvalue weighted by molar-refractivity contribution is 6.32. The van der Waals surface area contributed by atoms with Crippen molar-refractivity contribution < 1.29 is 4.74 Å². The molecule has 0 N–H and O–H groups in total. The molecule has 0 aliphatic rings. The molecule has 0 aliphatic carbocycles. The van der Waals surface area contributed by atoms with Gasteiger partial charge in [0.15, 0.2) is 0 Å². The van der Waals surface area contributed by atoms with Crippen LogP contribution >= 0.6 is 11.6 Å². The summed E-state index contributed by atoms with van der Waals surface area (Å²) in [6, 6.07) is 5.89. The lowest BCUT2D eigenvalue weighted by atomic mass is 10.0. The molecule has 14 heavy (non-hydrogen) atoms. The third-order valence-corrected chi connectivity index (χ3v) is 2.17. The Morgan fingerprint density at radius 2 is 1.93 bits per heavy atom. The van der Waals surface area contributed by atoms with E-state index in [1.807, 2.05) is 32.0 Å². The molecule has 0 unspecified atom stereocenters. The zero-order valence-electron chi connectivity index (χ0n) is 9.10. The normalized spacial score (nSPS) is 11.1. The average molecular weight is 212 g/mol. The van der Waals surface area contributed by atoms with Gasteiger partial charge in [-0.2, -0.15) is 0 Å². The summed E-state index contributed by atoms with van der Waals surface area (Å²) < 4.78 is 5.54. The summed E-state index contributed by atoms with van der Waals surface area (Å²) in [5.74, 6) is 2.01. The van der Waals surface area contributed by atoms with Crippen molar-refractivity contribution in [3.63, 3.8) is 0 Å². The first-order chi connectivity index (χ1) is 6.50. The molecule has 77 valence electrons. The van der Waals surface area contributed by atoms with Gasteiger partial charge in [-0.1, -0.05) is 31.5 Å². The van der Waals surface area contributed by atoms with Crippen LogP contribution in [0.15, 0.2) is 18.2 Å². The maximum absolute atomic E-state index is 6.08. The van der Waals surface area contributed by atoms with Gasteiger partial charge in [0.25, 0.3) is 0 Å². The largest absolute Gasteiger partial charge is 0.489 e. The summed E-state index contributed by atoms with van der Waals surface area (Å²) in [5, 5.41) is 0.678. The highest BCUT2D eigenvalue weighted by Gasteiger charge is 2.06. The standard InChI is InChI=1S/C12H16ClO/c1-8(2)10-5-6-12(11(13)7-10)14-9(3)4/h5-7,9H,1-4H3. The molecule has 0 amide bonds. The van der Waals surface area contributed by atoms with Gasteiger partial charge in [-0.05, 0) is 37.5 Å². The van der Waals surface area contributed by atoms with Crippen molar-refractivity contribution in [3.05, 3.63) is 34.7 Å². The van der Waals surface area contributed by atoms with Crippen LogP contribution in [0.3, 0.4) is 0 Å². The molecular weight excluding hydrogens is 196 g/mol. The van der Waals surface area contributed by atoms with E-state index in [4.69, 9.17) is 16.3 Å². The van der Waals surface area contributed by atoms with E-state index >= 15 is 0 Å². The van der Waals surface area contributed by atoms with Crippen molar-refractivity contribution in [2.75, 3.05) is 0 Å². The van der Waals surface area contributed by atoms with Crippen molar-refractivity contribution in [1.82, 2.24) is 0 Å². The predicted molar refractivity (Wildman–Crippen MR) is 60.9 cm³/mol. The van der Waals surface area contributed by atoms with Gasteiger partial charge < -0.3 is 4.74 Å². The molecule has 0 spiro atoms. The summed E-state index contributed by atoms with van der Waals surface area (Å²) in [6.45, 7) is 8.10. The highest BCUT2D eigenvalue weighted by atomic mass is 35.5. The van der Waals surface area contributed by atoms with Crippen molar-refractivity contribution in [3.8, 4) is 5.75 Å². The maximum Gasteiger partial charge on any atom is 0.138 e. The van der Waals surface area contributed by atoms with E-state index in [1.165, 1.54) is 5.92 Å². The van der Waals surface area contributed by atoms with Gasteiger partial charge in [-0.15, -0.1) is 0 Å². The topological polar surface area (TPSA) is 9.23 Å². The number of ether oxygens (including phenoxy) is 1.